The van der Waals surface area contributed by atoms with Gasteiger partial charge in [-0.2, -0.15) is 0 Å². The second-order valence-electron chi connectivity index (χ2n) is 6.16. The lowest BCUT2D eigenvalue weighted by Crippen LogP contribution is -3.14. The number of thiophene rings is 3. The first-order valence-electron chi connectivity index (χ1n) is 8.25. The minimum absolute atomic E-state index is 0.0924. The third-order valence-electron chi connectivity index (χ3n) is 4.57. The van der Waals surface area contributed by atoms with Crippen LogP contribution in [0.4, 0.5) is 5.00 Å². The Hall–Kier alpha value is -2.00. The van der Waals surface area contributed by atoms with E-state index in [4.69, 9.17) is 5.73 Å². The van der Waals surface area contributed by atoms with Crippen LogP contribution in [0.25, 0.3) is 0 Å². The van der Waals surface area contributed by atoms with Crippen LogP contribution in [0.15, 0.2) is 40.4 Å². The van der Waals surface area contributed by atoms with Crippen molar-refractivity contribution in [3.05, 3.63) is 61.3 Å². The molecule has 4 heterocycles. The van der Waals surface area contributed by atoms with Gasteiger partial charge in [0.2, 0.25) is 0 Å². The molecule has 3 aromatic heterocycles. The van der Waals surface area contributed by atoms with Gasteiger partial charge in [0.1, 0.15) is 11.0 Å². The summed E-state index contributed by atoms with van der Waals surface area (Å²) >= 11 is 4.85. The molecule has 134 valence electrons. The molecule has 0 aromatic carbocycles. The molecule has 0 fully saturated rings. The van der Waals surface area contributed by atoms with Crippen molar-refractivity contribution in [3.8, 4) is 0 Å². The number of nitrogens with two attached hydrogens (primary N) is 1. The lowest BCUT2D eigenvalue weighted by atomic mass is 9.98. The fraction of sp³-hybridized carbons (Fsp3) is 0.222. The third-order valence-corrected chi connectivity index (χ3v) is 7.33. The molecule has 0 saturated carbocycles. The Morgan fingerprint density at radius 3 is 2.77 bits per heavy atom. The van der Waals surface area contributed by atoms with Crippen LogP contribution in [0, 0.1) is 0 Å². The Morgan fingerprint density at radius 2 is 2.00 bits per heavy atom. The average molecular weight is 405 g/mol. The second kappa shape index (κ2) is 7.32. The van der Waals surface area contributed by atoms with Crippen molar-refractivity contribution in [2.24, 2.45) is 5.73 Å². The van der Waals surface area contributed by atoms with Gasteiger partial charge in [-0.15, -0.1) is 34.0 Å². The van der Waals surface area contributed by atoms with Gasteiger partial charge in [0.25, 0.3) is 11.8 Å². The maximum Gasteiger partial charge on any atom is 0.280 e. The molecule has 2 atom stereocenters. The van der Waals surface area contributed by atoms with Crippen molar-refractivity contribution in [3.63, 3.8) is 0 Å². The molecule has 0 bridgehead atoms. The highest BCUT2D eigenvalue weighted by Gasteiger charge is 2.35. The fourth-order valence-corrected chi connectivity index (χ4v) is 6.06. The number of primary amides is 1. The highest BCUT2D eigenvalue weighted by Crippen LogP contribution is 2.31. The number of amides is 2. The zero-order valence-electron chi connectivity index (χ0n) is 13.9. The minimum atomic E-state index is -0.522. The average Bonchev–Trinajstić information content (AvgIpc) is 3.35. The van der Waals surface area contributed by atoms with Gasteiger partial charge in [0.05, 0.1) is 17.0 Å². The molecule has 0 spiro atoms. The summed E-state index contributed by atoms with van der Waals surface area (Å²) in [6.07, 6.45) is 0.989. The maximum atomic E-state index is 12.6. The van der Waals surface area contributed by atoms with E-state index in [0.717, 1.165) is 13.0 Å². The van der Waals surface area contributed by atoms with Gasteiger partial charge in [-0.25, -0.2) is 0 Å². The Labute approximate surface area is 163 Å². The third kappa shape index (κ3) is 3.33. The standard InChI is InChI=1S/C18H17N3O2S3/c19-17(23)12-5-9-26-18(12)20-15(22)10-21-6-3-13-11(4-8-25-13)16(21)14-2-1-7-24-14/h1-2,4-5,7-9,16H,3,6,10H2,(H2,19,23)(H,20,22)/p+1/t16-/m1/s1. The van der Waals surface area contributed by atoms with Gasteiger partial charge in [-0.05, 0) is 34.3 Å². The van der Waals surface area contributed by atoms with E-state index in [1.807, 2.05) is 0 Å². The zero-order chi connectivity index (χ0) is 18.1. The van der Waals surface area contributed by atoms with Crippen molar-refractivity contribution in [2.75, 3.05) is 18.4 Å². The number of hydrogen-bond donors (Lipinski definition) is 3. The Kier molecular flexibility index (Phi) is 4.90. The molecule has 4 N–H and O–H groups in total. The summed E-state index contributed by atoms with van der Waals surface area (Å²) in [4.78, 5) is 28.0. The number of anilines is 1. The van der Waals surface area contributed by atoms with E-state index >= 15 is 0 Å². The monoisotopic (exact) mass is 404 g/mol. The summed E-state index contributed by atoms with van der Waals surface area (Å²) in [6, 6.07) is 8.22. The lowest BCUT2D eigenvalue weighted by Gasteiger charge is -2.31. The first-order chi connectivity index (χ1) is 12.6. The molecule has 0 saturated heterocycles. The molecule has 5 nitrogen and oxygen atoms in total. The number of nitrogens with one attached hydrogen (secondary N) is 2. The van der Waals surface area contributed by atoms with Crippen LogP contribution in [0.5, 0.6) is 0 Å². The summed E-state index contributed by atoms with van der Waals surface area (Å²) < 4.78 is 0. The molecular weight excluding hydrogens is 386 g/mol. The van der Waals surface area contributed by atoms with E-state index in [1.54, 1.807) is 34.1 Å². The molecule has 0 aliphatic carbocycles. The zero-order valence-corrected chi connectivity index (χ0v) is 16.3. The summed E-state index contributed by atoms with van der Waals surface area (Å²) in [7, 11) is 0. The fourth-order valence-electron chi connectivity index (χ4n) is 3.43. The van der Waals surface area contributed by atoms with Gasteiger partial charge >= 0.3 is 0 Å². The van der Waals surface area contributed by atoms with Crippen LogP contribution in [0.1, 0.15) is 31.7 Å². The summed E-state index contributed by atoms with van der Waals surface area (Å²) in [5, 5.41) is 9.38. The van der Waals surface area contributed by atoms with Crippen LogP contribution < -0.4 is 16.0 Å². The Bertz CT molecular complexity index is 929. The van der Waals surface area contributed by atoms with E-state index in [9.17, 15) is 9.59 Å². The predicted octanol–water partition coefficient (Wildman–Crippen LogP) is 2.14. The van der Waals surface area contributed by atoms with Crippen molar-refractivity contribution >= 4 is 50.8 Å². The smallest absolute Gasteiger partial charge is 0.280 e. The van der Waals surface area contributed by atoms with Crippen LogP contribution in [0.2, 0.25) is 0 Å². The van der Waals surface area contributed by atoms with E-state index in [1.165, 1.54) is 31.6 Å². The van der Waals surface area contributed by atoms with E-state index < -0.39 is 5.91 Å². The molecule has 1 aliphatic heterocycles. The van der Waals surface area contributed by atoms with Crippen molar-refractivity contribution in [2.45, 2.75) is 12.5 Å². The number of hydrogen-bond acceptors (Lipinski definition) is 5. The lowest BCUT2D eigenvalue weighted by molar-refractivity contribution is -0.919. The highest BCUT2D eigenvalue weighted by molar-refractivity contribution is 7.14. The quantitative estimate of drug-likeness (QED) is 0.609. The normalized spacial score (nSPS) is 19.1. The van der Waals surface area contributed by atoms with Crippen LogP contribution in [-0.4, -0.2) is 24.9 Å². The van der Waals surface area contributed by atoms with Gasteiger partial charge in [0, 0.05) is 16.9 Å². The first-order valence-corrected chi connectivity index (χ1v) is 10.9. The molecule has 26 heavy (non-hydrogen) atoms. The van der Waals surface area contributed by atoms with Gasteiger partial charge in [-0.3, -0.25) is 9.59 Å². The molecule has 1 aliphatic rings. The predicted molar refractivity (Wildman–Crippen MR) is 106 cm³/mol. The number of rotatable bonds is 5. The SMILES string of the molecule is NC(=O)c1ccsc1NC(=O)C[NH+]1CCc2sccc2[C@@H]1c1cccs1. The van der Waals surface area contributed by atoms with E-state index in [-0.39, 0.29) is 11.9 Å². The molecule has 0 radical (unpaired) electrons. The molecule has 8 heteroatoms. The number of carbonyl (C=O) groups excluding carboxylic acids is 2. The summed E-state index contributed by atoms with van der Waals surface area (Å²) in [6.45, 7) is 1.27. The van der Waals surface area contributed by atoms with Crippen molar-refractivity contribution in [1.29, 1.82) is 0 Å². The van der Waals surface area contributed by atoms with Crippen LogP contribution in [-0.2, 0) is 11.2 Å². The topological polar surface area (TPSA) is 76.6 Å². The molecule has 3 aromatic rings. The van der Waals surface area contributed by atoms with Gasteiger partial charge < -0.3 is 16.0 Å². The number of carbonyl (C=O) groups is 2. The van der Waals surface area contributed by atoms with Crippen molar-refractivity contribution in [1.82, 2.24) is 0 Å². The van der Waals surface area contributed by atoms with E-state index in [0.29, 0.717) is 17.1 Å². The van der Waals surface area contributed by atoms with Crippen molar-refractivity contribution < 1.29 is 14.5 Å². The molecule has 1 unspecified atom stereocenters. The summed E-state index contributed by atoms with van der Waals surface area (Å²) in [5.41, 5.74) is 7.06. The van der Waals surface area contributed by atoms with E-state index in [2.05, 4.69) is 34.3 Å². The Balaban J connectivity index is 1.54. The molecular formula is C18H18N3O2S3+. The maximum absolute atomic E-state index is 12.6. The Morgan fingerprint density at radius 1 is 1.15 bits per heavy atom. The van der Waals surface area contributed by atoms with Crippen LogP contribution in [0.3, 0.4) is 0 Å². The number of fused-ring (bicyclic) bond motifs is 1. The van der Waals surface area contributed by atoms with Crippen LogP contribution >= 0.6 is 34.0 Å². The summed E-state index contributed by atoms with van der Waals surface area (Å²) in [5.74, 6) is -0.614. The molecule has 2 amide bonds. The molecule has 4 rings (SSSR count). The van der Waals surface area contributed by atoms with Gasteiger partial charge in [0.15, 0.2) is 6.54 Å². The van der Waals surface area contributed by atoms with Gasteiger partial charge in [-0.1, -0.05) is 6.07 Å². The highest BCUT2D eigenvalue weighted by atomic mass is 32.1. The largest absolute Gasteiger partial charge is 0.366 e. The second-order valence-corrected chi connectivity index (χ2v) is 9.05. The first kappa shape index (κ1) is 17.4. The number of quaternary nitrogens is 1. The minimum Gasteiger partial charge on any atom is -0.366 e.